The van der Waals surface area contributed by atoms with Crippen molar-refractivity contribution in [2.24, 2.45) is 0 Å². The number of benzene rings is 1. The number of nitriles is 1. The number of halogens is 1. The van der Waals surface area contributed by atoms with Crippen LogP contribution >= 0.6 is 15.9 Å². The Kier molecular flexibility index (Phi) is 5.09. The van der Waals surface area contributed by atoms with Gasteiger partial charge in [-0.1, -0.05) is 22.0 Å². The summed E-state index contributed by atoms with van der Waals surface area (Å²) in [5.74, 6) is 0. The van der Waals surface area contributed by atoms with Crippen LogP contribution in [0.5, 0.6) is 0 Å². The van der Waals surface area contributed by atoms with E-state index < -0.39 is 5.60 Å². The molecule has 0 spiro atoms. The zero-order valence-electron chi connectivity index (χ0n) is 13.0. The number of nitrogens with one attached hydrogen (secondary N) is 1. The molecular formula is C16H20BrN3O2. The van der Waals surface area contributed by atoms with E-state index in [1.165, 1.54) is 0 Å². The number of ether oxygens (including phenoxy) is 1. The minimum Gasteiger partial charge on any atom is -0.444 e. The number of rotatable bonds is 1. The number of carbonyl (C=O) groups excluding carboxylic acids is 1. The Hall–Kier alpha value is -1.58. The molecule has 1 aliphatic heterocycles. The number of piperazine rings is 1. The molecule has 0 aromatic heterocycles. The summed E-state index contributed by atoms with van der Waals surface area (Å²) in [6.07, 6.45) is -0.342. The molecule has 1 atom stereocenters. The Morgan fingerprint density at radius 1 is 1.50 bits per heavy atom. The molecule has 0 bridgehead atoms. The largest absolute Gasteiger partial charge is 0.444 e. The van der Waals surface area contributed by atoms with Crippen LogP contribution in [0.15, 0.2) is 22.7 Å². The molecule has 1 aromatic rings. The van der Waals surface area contributed by atoms with Gasteiger partial charge in [-0.2, -0.15) is 5.26 Å². The molecule has 5 nitrogen and oxygen atoms in total. The molecule has 6 heteroatoms. The van der Waals surface area contributed by atoms with Gasteiger partial charge in [0.2, 0.25) is 0 Å². The predicted molar refractivity (Wildman–Crippen MR) is 87.4 cm³/mol. The lowest BCUT2D eigenvalue weighted by Crippen LogP contribution is -2.50. The van der Waals surface area contributed by atoms with Gasteiger partial charge in [-0.15, -0.1) is 0 Å². The fraction of sp³-hybridized carbons (Fsp3) is 0.500. The predicted octanol–water partition coefficient (Wildman–Crippen LogP) is 3.20. The van der Waals surface area contributed by atoms with E-state index in [1.54, 1.807) is 11.0 Å². The van der Waals surface area contributed by atoms with Crippen molar-refractivity contribution in [1.82, 2.24) is 10.2 Å². The van der Waals surface area contributed by atoms with Gasteiger partial charge in [0.1, 0.15) is 5.60 Å². The molecule has 2 rings (SSSR count). The van der Waals surface area contributed by atoms with Gasteiger partial charge >= 0.3 is 6.09 Å². The van der Waals surface area contributed by atoms with Crippen molar-refractivity contribution >= 4 is 22.0 Å². The second-order valence-electron chi connectivity index (χ2n) is 6.24. The van der Waals surface area contributed by atoms with E-state index in [4.69, 9.17) is 4.74 Å². The van der Waals surface area contributed by atoms with Crippen molar-refractivity contribution in [2.75, 3.05) is 19.6 Å². The van der Waals surface area contributed by atoms with Crippen LogP contribution in [0.1, 0.15) is 37.9 Å². The molecular weight excluding hydrogens is 346 g/mol. The Balaban J connectivity index is 2.31. The monoisotopic (exact) mass is 365 g/mol. The highest BCUT2D eigenvalue weighted by molar-refractivity contribution is 9.10. The second-order valence-corrected chi connectivity index (χ2v) is 7.15. The molecule has 22 heavy (non-hydrogen) atoms. The Morgan fingerprint density at radius 2 is 2.23 bits per heavy atom. The van der Waals surface area contributed by atoms with Crippen molar-refractivity contribution < 1.29 is 9.53 Å². The standard InChI is InChI=1S/C16H20BrN3O2/c1-16(2,3)22-15(21)20-7-6-19-10-14(20)13-5-4-12(17)8-11(13)9-18/h4-5,8,14,19H,6-7,10H2,1-3H3. The molecule has 1 aliphatic rings. The van der Waals surface area contributed by atoms with Gasteiger partial charge in [0.25, 0.3) is 0 Å². The van der Waals surface area contributed by atoms with E-state index in [1.807, 2.05) is 32.9 Å². The van der Waals surface area contributed by atoms with Gasteiger partial charge < -0.3 is 10.1 Å². The zero-order valence-corrected chi connectivity index (χ0v) is 14.6. The maximum absolute atomic E-state index is 12.4. The normalized spacial score (nSPS) is 18.7. The third kappa shape index (κ3) is 3.99. The number of hydrogen-bond acceptors (Lipinski definition) is 4. The van der Waals surface area contributed by atoms with Crippen LogP contribution in [-0.2, 0) is 4.74 Å². The highest BCUT2D eigenvalue weighted by Crippen LogP contribution is 2.28. The van der Waals surface area contributed by atoms with Crippen LogP contribution in [0, 0.1) is 11.3 Å². The van der Waals surface area contributed by atoms with Crippen LogP contribution in [0.3, 0.4) is 0 Å². The van der Waals surface area contributed by atoms with Crippen molar-refractivity contribution in [3.63, 3.8) is 0 Å². The lowest BCUT2D eigenvalue weighted by molar-refractivity contribution is 0.0118. The summed E-state index contributed by atoms with van der Waals surface area (Å²) >= 11 is 3.37. The highest BCUT2D eigenvalue weighted by atomic mass is 79.9. The van der Waals surface area contributed by atoms with Crippen LogP contribution in [0.25, 0.3) is 0 Å². The lowest BCUT2D eigenvalue weighted by Gasteiger charge is -2.37. The molecule has 0 radical (unpaired) electrons. The van der Waals surface area contributed by atoms with E-state index in [0.717, 1.165) is 10.0 Å². The van der Waals surface area contributed by atoms with Crippen LogP contribution < -0.4 is 5.32 Å². The summed E-state index contributed by atoms with van der Waals surface area (Å²) < 4.78 is 6.34. The van der Waals surface area contributed by atoms with Crippen molar-refractivity contribution in [3.8, 4) is 6.07 Å². The van der Waals surface area contributed by atoms with Gasteiger partial charge in [-0.3, -0.25) is 4.90 Å². The van der Waals surface area contributed by atoms with Gasteiger partial charge in [-0.05, 0) is 38.5 Å². The first-order valence-corrected chi connectivity index (χ1v) is 8.01. The van der Waals surface area contributed by atoms with E-state index in [0.29, 0.717) is 25.2 Å². The average molecular weight is 366 g/mol. The summed E-state index contributed by atoms with van der Waals surface area (Å²) in [7, 11) is 0. The third-order valence-electron chi connectivity index (χ3n) is 3.37. The van der Waals surface area contributed by atoms with Crippen molar-refractivity contribution in [1.29, 1.82) is 5.26 Å². The molecule has 1 heterocycles. The Morgan fingerprint density at radius 3 is 2.86 bits per heavy atom. The van der Waals surface area contributed by atoms with Gasteiger partial charge in [0, 0.05) is 24.1 Å². The van der Waals surface area contributed by atoms with Crippen LogP contribution in [-0.4, -0.2) is 36.2 Å². The SMILES string of the molecule is CC(C)(C)OC(=O)N1CCNCC1c1ccc(Br)cc1C#N. The topological polar surface area (TPSA) is 65.4 Å². The average Bonchev–Trinajstić information content (AvgIpc) is 2.45. The fourth-order valence-corrected chi connectivity index (χ4v) is 2.80. The molecule has 1 fully saturated rings. The number of carbonyl (C=O) groups is 1. The van der Waals surface area contributed by atoms with Crippen molar-refractivity contribution in [3.05, 3.63) is 33.8 Å². The summed E-state index contributed by atoms with van der Waals surface area (Å²) in [5.41, 5.74) is 0.866. The summed E-state index contributed by atoms with van der Waals surface area (Å²) in [4.78, 5) is 14.1. The second kappa shape index (κ2) is 6.67. The minimum absolute atomic E-state index is 0.202. The molecule has 1 saturated heterocycles. The summed E-state index contributed by atoms with van der Waals surface area (Å²) in [5, 5.41) is 12.6. The number of nitrogens with zero attached hydrogens (tertiary/aromatic N) is 2. The molecule has 1 amide bonds. The number of amides is 1. The lowest BCUT2D eigenvalue weighted by atomic mass is 9.98. The van der Waals surface area contributed by atoms with E-state index in [9.17, 15) is 10.1 Å². The summed E-state index contributed by atoms with van der Waals surface area (Å²) in [6, 6.07) is 7.55. The van der Waals surface area contributed by atoms with Crippen LogP contribution in [0.2, 0.25) is 0 Å². The number of hydrogen-bond donors (Lipinski definition) is 1. The molecule has 1 aromatic carbocycles. The van der Waals surface area contributed by atoms with Crippen LogP contribution in [0.4, 0.5) is 4.79 Å². The van der Waals surface area contributed by atoms with Crippen molar-refractivity contribution in [2.45, 2.75) is 32.4 Å². The quantitative estimate of drug-likeness (QED) is 0.829. The zero-order chi connectivity index (χ0) is 16.3. The fourth-order valence-electron chi connectivity index (χ4n) is 2.44. The van der Waals surface area contributed by atoms with E-state index in [-0.39, 0.29) is 12.1 Å². The first kappa shape index (κ1) is 16.8. The first-order chi connectivity index (χ1) is 10.3. The molecule has 118 valence electrons. The first-order valence-electron chi connectivity index (χ1n) is 7.22. The van der Waals surface area contributed by atoms with Gasteiger partial charge in [0.05, 0.1) is 17.7 Å². The molecule has 0 aliphatic carbocycles. The Labute approximate surface area is 139 Å². The van der Waals surface area contributed by atoms with E-state index in [2.05, 4.69) is 27.3 Å². The minimum atomic E-state index is -0.537. The maximum atomic E-state index is 12.4. The summed E-state index contributed by atoms with van der Waals surface area (Å²) in [6.45, 7) is 7.43. The molecule has 1 unspecified atom stereocenters. The van der Waals surface area contributed by atoms with E-state index >= 15 is 0 Å². The molecule has 0 saturated carbocycles. The molecule has 1 N–H and O–H groups in total. The van der Waals surface area contributed by atoms with Gasteiger partial charge in [0.15, 0.2) is 0 Å². The Bertz CT molecular complexity index is 604. The smallest absolute Gasteiger partial charge is 0.410 e. The maximum Gasteiger partial charge on any atom is 0.410 e. The highest BCUT2D eigenvalue weighted by Gasteiger charge is 2.32. The third-order valence-corrected chi connectivity index (χ3v) is 3.86. The van der Waals surface area contributed by atoms with Gasteiger partial charge in [-0.25, -0.2) is 4.79 Å².